The Morgan fingerprint density at radius 3 is 2.43 bits per heavy atom. The highest BCUT2D eigenvalue weighted by atomic mass is 127. The Morgan fingerprint density at radius 1 is 1.18 bits per heavy atom. The first kappa shape index (κ1) is 25.2. The maximum atomic E-state index is 5.48. The monoisotopic (exact) mass is 506 g/mol. The van der Waals surface area contributed by atoms with Crippen molar-refractivity contribution in [1.29, 1.82) is 0 Å². The van der Waals surface area contributed by atoms with E-state index in [1.165, 1.54) is 0 Å². The number of hydrogen-bond acceptors (Lipinski definition) is 5. The largest absolute Gasteiger partial charge is 0.359 e. The number of nitrogens with zero attached hydrogens (tertiary/aromatic N) is 4. The minimum Gasteiger partial charge on any atom is -0.359 e. The third kappa shape index (κ3) is 7.51. The van der Waals surface area contributed by atoms with Crippen molar-refractivity contribution in [3.63, 3.8) is 0 Å². The molecule has 2 rings (SSSR count). The van der Waals surface area contributed by atoms with Crippen molar-refractivity contribution in [2.45, 2.75) is 59.0 Å². The van der Waals surface area contributed by atoms with E-state index >= 15 is 0 Å². The topological polar surface area (TPSA) is 68.9 Å². The molecule has 0 aliphatic carbocycles. The van der Waals surface area contributed by atoms with E-state index in [4.69, 9.17) is 4.52 Å². The van der Waals surface area contributed by atoms with Crippen LogP contribution < -0.4 is 10.6 Å². The van der Waals surface area contributed by atoms with Gasteiger partial charge in [-0.15, -0.1) is 24.0 Å². The molecule has 8 heteroatoms. The first-order valence-corrected chi connectivity index (χ1v) is 10.5. The summed E-state index contributed by atoms with van der Waals surface area (Å²) in [5.41, 5.74) is 1.06. The van der Waals surface area contributed by atoms with E-state index < -0.39 is 0 Å². The predicted octanol–water partition coefficient (Wildman–Crippen LogP) is 2.89. The van der Waals surface area contributed by atoms with E-state index in [2.05, 4.69) is 64.3 Å². The van der Waals surface area contributed by atoms with Crippen molar-refractivity contribution < 1.29 is 4.52 Å². The average Bonchev–Trinajstić information content (AvgIpc) is 3.17. The number of guanidine groups is 1. The van der Waals surface area contributed by atoms with Crippen molar-refractivity contribution in [2.75, 3.05) is 46.3 Å². The van der Waals surface area contributed by atoms with Crippen LogP contribution in [0.2, 0.25) is 0 Å². The van der Waals surface area contributed by atoms with Gasteiger partial charge in [0.25, 0.3) is 0 Å². The summed E-state index contributed by atoms with van der Waals surface area (Å²) in [6.07, 6.45) is 2.17. The van der Waals surface area contributed by atoms with Crippen LogP contribution in [0.4, 0.5) is 0 Å². The maximum Gasteiger partial charge on any atom is 0.191 e. The second-order valence-electron chi connectivity index (χ2n) is 7.36. The molecule has 7 nitrogen and oxygen atoms in total. The van der Waals surface area contributed by atoms with Gasteiger partial charge < -0.3 is 20.1 Å². The second-order valence-corrected chi connectivity index (χ2v) is 7.36. The molecule has 2 N–H and O–H groups in total. The van der Waals surface area contributed by atoms with Crippen molar-refractivity contribution in [3.05, 3.63) is 17.5 Å². The number of aliphatic imine (C=N–C) groups is 1. The molecular formula is C20H39IN6O. The smallest absolute Gasteiger partial charge is 0.191 e. The van der Waals surface area contributed by atoms with Gasteiger partial charge in [-0.3, -0.25) is 9.89 Å². The van der Waals surface area contributed by atoms with Gasteiger partial charge in [0.2, 0.25) is 0 Å². The Bertz CT molecular complexity index is 567. The van der Waals surface area contributed by atoms with E-state index in [1.54, 1.807) is 7.05 Å². The zero-order chi connectivity index (χ0) is 19.6. The lowest BCUT2D eigenvalue weighted by molar-refractivity contribution is 0.107. The van der Waals surface area contributed by atoms with Gasteiger partial charge in [0.05, 0.1) is 12.2 Å². The number of rotatable bonds is 9. The summed E-state index contributed by atoms with van der Waals surface area (Å²) in [6, 6.07) is 2.54. The summed E-state index contributed by atoms with van der Waals surface area (Å²) in [5, 5.41) is 11.0. The number of piperazine rings is 1. The molecule has 1 aliphatic rings. The molecule has 1 fully saturated rings. The second kappa shape index (κ2) is 13.4. The van der Waals surface area contributed by atoms with E-state index in [1.807, 2.05) is 0 Å². The third-order valence-electron chi connectivity index (χ3n) is 5.68. The number of nitrogens with one attached hydrogen (secondary N) is 2. The zero-order valence-corrected chi connectivity index (χ0v) is 20.5. The molecule has 1 atom stereocenters. The van der Waals surface area contributed by atoms with Crippen molar-refractivity contribution in [3.8, 4) is 0 Å². The molecule has 0 saturated carbocycles. The van der Waals surface area contributed by atoms with Crippen molar-refractivity contribution >= 4 is 29.9 Å². The van der Waals surface area contributed by atoms with Gasteiger partial charge >= 0.3 is 0 Å². The summed E-state index contributed by atoms with van der Waals surface area (Å²) >= 11 is 0. The van der Waals surface area contributed by atoms with Gasteiger partial charge in [-0.1, -0.05) is 25.9 Å². The Morgan fingerprint density at radius 2 is 1.86 bits per heavy atom. The standard InChI is InChI=1S/C20H38N6O.HI/c1-6-17(7-2)19-13-18(27-24-19)15-23-20(21-5)22-14-16(4)26-11-9-25(8-3)10-12-26;/h13,16-17H,6-12,14-15H2,1-5H3,(H2,21,22,23);1H. The molecule has 1 unspecified atom stereocenters. The molecule has 2 heterocycles. The number of halogens is 1. The van der Waals surface area contributed by atoms with Gasteiger partial charge in [-0.2, -0.15) is 0 Å². The molecular weight excluding hydrogens is 467 g/mol. The van der Waals surface area contributed by atoms with Crippen LogP contribution in [0.5, 0.6) is 0 Å². The predicted molar refractivity (Wildman–Crippen MR) is 127 cm³/mol. The lowest BCUT2D eigenvalue weighted by atomic mass is 9.99. The summed E-state index contributed by atoms with van der Waals surface area (Å²) in [7, 11) is 1.80. The average molecular weight is 506 g/mol. The fraction of sp³-hybridized carbons (Fsp3) is 0.800. The fourth-order valence-electron chi connectivity index (χ4n) is 3.60. The zero-order valence-electron chi connectivity index (χ0n) is 18.2. The van der Waals surface area contributed by atoms with Crippen LogP contribution in [0.25, 0.3) is 0 Å². The van der Waals surface area contributed by atoms with Crippen LogP contribution in [0, 0.1) is 0 Å². The summed E-state index contributed by atoms with van der Waals surface area (Å²) in [4.78, 5) is 9.38. The molecule has 1 aromatic heterocycles. The summed E-state index contributed by atoms with van der Waals surface area (Å²) in [5.74, 6) is 2.13. The third-order valence-corrected chi connectivity index (χ3v) is 5.68. The van der Waals surface area contributed by atoms with Crippen molar-refractivity contribution in [2.24, 2.45) is 4.99 Å². The Hall–Kier alpha value is -0.870. The number of aromatic nitrogens is 1. The summed E-state index contributed by atoms with van der Waals surface area (Å²) < 4.78 is 5.48. The molecule has 0 spiro atoms. The van der Waals surface area contributed by atoms with E-state index in [-0.39, 0.29) is 24.0 Å². The molecule has 28 heavy (non-hydrogen) atoms. The lowest BCUT2D eigenvalue weighted by Gasteiger charge is -2.37. The van der Waals surface area contributed by atoms with E-state index in [9.17, 15) is 0 Å². The van der Waals surface area contributed by atoms with Crippen LogP contribution in [0.1, 0.15) is 57.9 Å². The Balaban J connectivity index is 0.00000392. The molecule has 1 saturated heterocycles. The molecule has 1 aliphatic heterocycles. The van der Waals surface area contributed by atoms with E-state index in [0.29, 0.717) is 18.5 Å². The molecule has 0 amide bonds. The highest BCUT2D eigenvalue weighted by molar-refractivity contribution is 14.0. The van der Waals surface area contributed by atoms with E-state index in [0.717, 1.165) is 69.5 Å². The van der Waals surface area contributed by atoms with Crippen LogP contribution in [0.15, 0.2) is 15.6 Å². The lowest BCUT2D eigenvalue weighted by Crippen LogP contribution is -2.53. The van der Waals surface area contributed by atoms with Crippen LogP contribution in [-0.4, -0.2) is 73.3 Å². The first-order valence-electron chi connectivity index (χ1n) is 10.5. The van der Waals surface area contributed by atoms with Crippen LogP contribution >= 0.6 is 24.0 Å². The van der Waals surface area contributed by atoms with Gasteiger partial charge in [0, 0.05) is 57.8 Å². The molecule has 0 aromatic carbocycles. The highest BCUT2D eigenvalue weighted by Gasteiger charge is 2.20. The SMILES string of the molecule is CCC(CC)c1cc(CNC(=NC)NCC(C)N2CCN(CC)CC2)on1.I. The molecule has 162 valence electrons. The quantitative estimate of drug-likeness (QED) is 0.305. The highest BCUT2D eigenvalue weighted by Crippen LogP contribution is 2.22. The van der Waals surface area contributed by atoms with Crippen LogP contribution in [0.3, 0.4) is 0 Å². The Kier molecular flexibility index (Phi) is 12.0. The Labute approximate surface area is 187 Å². The minimum atomic E-state index is 0. The maximum absolute atomic E-state index is 5.48. The molecule has 0 radical (unpaired) electrons. The van der Waals surface area contributed by atoms with Gasteiger partial charge in [-0.25, -0.2) is 0 Å². The normalized spacial score (nSPS) is 17.4. The molecule has 0 bridgehead atoms. The van der Waals surface area contributed by atoms with Crippen molar-refractivity contribution in [1.82, 2.24) is 25.6 Å². The fourth-order valence-corrected chi connectivity index (χ4v) is 3.60. The number of hydrogen-bond donors (Lipinski definition) is 2. The van der Waals surface area contributed by atoms with Gasteiger partial charge in [0.15, 0.2) is 11.7 Å². The number of likely N-dealkylation sites (N-methyl/N-ethyl adjacent to an activating group) is 1. The van der Waals surface area contributed by atoms with Crippen LogP contribution in [-0.2, 0) is 6.54 Å². The minimum absolute atomic E-state index is 0. The van der Waals surface area contributed by atoms with Gasteiger partial charge in [0.1, 0.15) is 0 Å². The summed E-state index contributed by atoms with van der Waals surface area (Å²) in [6.45, 7) is 16.1. The molecule has 1 aromatic rings. The van der Waals surface area contributed by atoms with Gasteiger partial charge in [-0.05, 0) is 26.3 Å². The first-order chi connectivity index (χ1) is 13.1.